The lowest BCUT2D eigenvalue weighted by atomic mass is 10.1. The number of hydrogen-bond donors (Lipinski definition) is 1. The number of aromatic nitrogens is 3. The van der Waals surface area contributed by atoms with Gasteiger partial charge in [-0.25, -0.2) is 0 Å². The molecular weight excluding hydrogens is 364 g/mol. The molecule has 0 spiro atoms. The van der Waals surface area contributed by atoms with Crippen molar-refractivity contribution in [2.24, 2.45) is 0 Å². The van der Waals surface area contributed by atoms with Gasteiger partial charge in [0.05, 0.1) is 13.3 Å². The summed E-state index contributed by atoms with van der Waals surface area (Å²) in [6.07, 6.45) is 1.67. The van der Waals surface area contributed by atoms with Gasteiger partial charge in [-0.1, -0.05) is 12.1 Å². The number of ether oxygens (including phenoxy) is 1. The Labute approximate surface area is 171 Å². The molecular formula is C22H26N6O. The molecule has 2 aromatic carbocycles. The molecule has 0 radical (unpaired) electrons. The van der Waals surface area contributed by atoms with Crippen LogP contribution in [0.25, 0.3) is 0 Å². The summed E-state index contributed by atoms with van der Waals surface area (Å²) >= 11 is 0. The van der Waals surface area contributed by atoms with Crippen molar-refractivity contribution in [3.05, 3.63) is 59.8 Å². The van der Waals surface area contributed by atoms with Crippen molar-refractivity contribution in [2.75, 3.05) is 48.4 Å². The monoisotopic (exact) mass is 390 g/mol. The molecule has 2 heterocycles. The predicted octanol–water partition coefficient (Wildman–Crippen LogP) is 3.57. The number of rotatable bonds is 5. The SMILES string of the molecule is COc1ccc(N2CCN(c3nncc(Nc4cccc(C)c4C)n3)CC2)cc1. The zero-order valence-corrected chi connectivity index (χ0v) is 17.1. The third kappa shape index (κ3) is 4.23. The number of methoxy groups -OCH3 is 1. The Morgan fingerprint density at radius 3 is 2.38 bits per heavy atom. The molecule has 0 aliphatic carbocycles. The van der Waals surface area contributed by atoms with Gasteiger partial charge in [-0.15, -0.1) is 5.10 Å². The van der Waals surface area contributed by atoms with E-state index >= 15 is 0 Å². The van der Waals surface area contributed by atoms with Crippen LogP contribution in [0.1, 0.15) is 11.1 Å². The van der Waals surface area contributed by atoms with Crippen LogP contribution in [-0.2, 0) is 0 Å². The fourth-order valence-electron chi connectivity index (χ4n) is 3.47. The number of benzene rings is 2. The van der Waals surface area contributed by atoms with E-state index in [1.807, 2.05) is 18.2 Å². The van der Waals surface area contributed by atoms with Crippen molar-refractivity contribution in [3.8, 4) is 5.75 Å². The first-order chi connectivity index (χ1) is 14.1. The summed E-state index contributed by atoms with van der Waals surface area (Å²) in [6, 6.07) is 14.4. The largest absolute Gasteiger partial charge is 0.497 e. The molecule has 1 N–H and O–H groups in total. The van der Waals surface area contributed by atoms with Crippen molar-refractivity contribution in [1.82, 2.24) is 15.2 Å². The van der Waals surface area contributed by atoms with Crippen LogP contribution in [0.15, 0.2) is 48.7 Å². The molecule has 1 aliphatic heterocycles. The van der Waals surface area contributed by atoms with Crippen LogP contribution in [0.3, 0.4) is 0 Å². The molecule has 7 heteroatoms. The molecule has 1 fully saturated rings. The van der Waals surface area contributed by atoms with Crippen LogP contribution in [-0.4, -0.2) is 48.5 Å². The lowest BCUT2D eigenvalue weighted by molar-refractivity contribution is 0.415. The molecule has 0 atom stereocenters. The van der Waals surface area contributed by atoms with E-state index in [9.17, 15) is 0 Å². The van der Waals surface area contributed by atoms with Crippen molar-refractivity contribution in [3.63, 3.8) is 0 Å². The van der Waals surface area contributed by atoms with Gasteiger partial charge in [-0.05, 0) is 55.3 Å². The average molecular weight is 390 g/mol. The molecule has 1 aliphatic rings. The molecule has 0 saturated carbocycles. The molecule has 3 aromatic rings. The van der Waals surface area contributed by atoms with Crippen LogP contribution in [0, 0.1) is 13.8 Å². The van der Waals surface area contributed by atoms with E-state index in [1.54, 1.807) is 13.3 Å². The lowest BCUT2D eigenvalue weighted by Crippen LogP contribution is -2.47. The first-order valence-electron chi connectivity index (χ1n) is 9.81. The van der Waals surface area contributed by atoms with Gasteiger partial charge in [0.1, 0.15) is 5.75 Å². The van der Waals surface area contributed by atoms with Crippen LogP contribution >= 0.6 is 0 Å². The Hall–Kier alpha value is -3.35. The maximum atomic E-state index is 5.24. The summed E-state index contributed by atoms with van der Waals surface area (Å²) in [5, 5.41) is 11.8. The van der Waals surface area contributed by atoms with Gasteiger partial charge in [-0.3, -0.25) is 0 Å². The van der Waals surface area contributed by atoms with Crippen molar-refractivity contribution in [2.45, 2.75) is 13.8 Å². The van der Waals surface area contributed by atoms with E-state index in [1.165, 1.54) is 16.8 Å². The quantitative estimate of drug-likeness (QED) is 0.714. The Kier molecular flexibility index (Phi) is 5.46. The summed E-state index contributed by atoms with van der Waals surface area (Å²) in [5.74, 6) is 2.25. The molecule has 1 aromatic heterocycles. The highest BCUT2D eigenvalue weighted by Crippen LogP contribution is 2.24. The van der Waals surface area contributed by atoms with E-state index in [0.717, 1.165) is 37.6 Å². The number of nitrogens with zero attached hydrogens (tertiary/aromatic N) is 5. The van der Waals surface area contributed by atoms with Crippen molar-refractivity contribution >= 4 is 23.1 Å². The van der Waals surface area contributed by atoms with E-state index in [0.29, 0.717) is 11.8 Å². The normalized spacial score (nSPS) is 14.0. The fraction of sp³-hybridized carbons (Fsp3) is 0.318. The zero-order chi connectivity index (χ0) is 20.2. The zero-order valence-electron chi connectivity index (χ0n) is 17.1. The van der Waals surface area contributed by atoms with Crippen LogP contribution in [0.2, 0.25) is 0 Å². The number of piperazine rings is 1. The summed E-state index contributed by atoms with van der Waals surface area (Å²) in [5.41, 5.74) is 4.70. The summed E-state index contributed by atoms with van der Waals surface area (Å²) in [6.45, 7) is 7.72. The second-order valence-corrected chi connectivity index (χ2v) is 7.19. The Morgan fingerprint density at radius 2 is 1.66 bits per heavy atom. The maximum Gasteiger partial charge on any atom is 0.247 e. The Morgan fingerprint density at radius 1 is 0.931 bits per heavy atom. The smallest absolute Gasteiger partial charge is 0.247 e. The number of hydrogen-bond acceptors (Lipinski definition) is 7. The number of aryl methyl sites for hydroxylation is 1. The van der Waals surface area contributed by atoms with Gasteiger partial charge >= 0.3 is 0 Å². The molecule has 1 saturated heterocycles. The molecule has 4 rings (SSSR count). The van der Waals surface area contributed by atoms with Gasteiger partial charge in [0.2, 0.25) is 5.95 Å². The average Bonchev–Trinajstić information content (AvgIpc) is 2.77. The highest BCUT2D eigenvalue weighted by molar-refractivity contribution is 5.62. The highest BCUT2D eigenvalue weighted by Gasteiger charge is 2.20. The topological polar surface area (TPSA) is 66.4 Å². The van der Waals surface area contributed by atoms with E-state index in [4.69, 9.17) is 4.74 Å². The second kappa shape index (κ2) is 8.34. The van der Waals surface area contributed by atoms with Gasteiger partial charge in [-0.2, -0.15) is 10.1 Å². The molecule has 0 bridgehead atoms. The molecule has 0 amide bonds. The summed E-state index contributed by atoms with van der Waals surface area (Å²) in [7, 11) is 1.69. The summed E-state index contributed by atoms with van der Waals surface area (Å²) < 4.78 is 5.24. The Bertz CT molecular complexity index is 967. The van der Waals surface area contributed by atoms with Crippen LogP contribution in [0.5, 0.6) is 5.75 Å². The second-order valence-electron chi connectivity index (χ2n) is 7.19. The van der Waals surface area contributed by atoms with Crippen LogP contribution < -0.4 is 19.9 Å². The van der Waals surface area contributed by atoms with Crippen molar-refractivity contribution in [1.29, 1.82) is 0 Å². The first-order valence-corrected chi connectivity index (χ1v) is 9.81. The van der Waals surface area contributed by atoms with Gasteiger partial charge < -0.3 is 19.9 Å². The lowest BCUT2D eigenvalue weighted by Gasteiger charge is -2.36. The molecule has 150 valence electrons. The minimum Gasteiger partial charge on any atom is -0.497 e. The summed E-state index contributed by atoms with van der Waals surface area (Å²) in [4.78, 5) is 9.23. The van der Waals surface area contributed by atoms with E-state index < -0.39 is 0 Å². The molecule has 29 heavy (non-hydrogen) atoms. The van der Waals surface area contributed by atoms with Gasteiger partial charge in [0, 0.05) is 37.6 Å². The number of anilines is 4. The van der Waals surface area contributed by atoms with Gasteiger partial charge in [0.25, 0.3) is 0 Å². The third-order valence-electron chi connectivity index (χ3n) is 5.42. The van der Waals surface area contributed by atoms with E-state index in [2.05, 4.69) is 68.4 Å². The standard InChI is InChI=1S/C22H26N6O/c1-16-5-4-6-20(17(16)2)24-21-15-23-26-22(25-21)28-13-11-27(12-14-28)18-7-9-19(29-3)10-8-18/h4-10,15H,11-14H2,1-3H3,(H,24,25,26). The first kappa shape index (κ1) is 19.0. The number of nitrogens with one attached hydrogen (secondary N) is 1. The predicted molar refractivity (Wildman–Crippen MR) is 116 cm³/mol. The van der Waals surface area contributed by atoms with E-state index in [-0.39, 0.29) is 0 Å². The minimum atomic E-state index is 0.662. The fourth-order valence-corrected chi connectivity index (χ4v) is 3.47. The van der Waals surface area contributed by atoms with Crippen molar-refractivity contribution < 1.29 is 4.74 Å². The van der Waals surface area contributed by atoms with Gasteiger partial charge in [0.15, 0.2) is 5.82 Å². The minimum absolute atomic E-state index is 0.662. The van der Waals surface area contributed by atoms with Crippen LogP contribution in [0.4, 0.5) is 23.1 Å². The molecule has 0 unspecified atom stereocenters. The third-order valence-corrected chi connectivity index (χ3v) is 5.42. The molecule has 7 nitrogen and oxygen atoms in total. The maximum absolute atomic E-state index is 5.24. The highest BCUT2D eigenvalue weighted by atomic mass is 16.5. The Balaban J connectivity index is 1.42.